The first-order valence-electron chi connectivity index (χ1n) is 8.86. The van der Waals surface area contributed by atoms with Gasteiger partial charge in [-0.3, -0.25) is 0 Å². The zero-order valence-corrected chi connectivity index (χ0v) is 14.2. The molecule has 0 heterocycles. The van der Waals surface area contributed by atoms with Gasteiger partial charge in [0.05, 0.1) is 0 Å². The highest BCUT2D eigenvalue weighted by molar-refractivity contribution is 5.20. The molecule has 0 spiro atoms. The lowest BCUT2D eigenvalue weighted by Crippen LogP contribution is -2.45. The summed E-state index contributed by atoms with van der Waals surface area (Å²) in [5, 5.41) is 7.68. The molecule has 0 aliphatic heterocycles. The number of benzene rings is 2. The Morgan fingerprint density at radius 3 is 1.48 bits per heavy atom. The normalized spacial score (nSPS) is 23.6. The van der Waals surface area contributed by atoms with Crippen LogP contribution in [0.5, 0.6) is 0 Å². The van der Waals surface area contributed by atoms with Crippen molar-refractivity contribution in [1.29, 1.82) is 0 Å². The first kappa shape index (κ1) is 16.2. The fourth-order valence-corrected chi connectivity index (χ4v) is 3.68. The van der Waals surface area contributed by atoms with E-state index in [1.165, 1.54) is 30.4 Å². The van der Waals surface area contributed by atoms with Gasteiger partial charge in [0.25, 0.3) is 0 Å². The highest BCUT2D eigenvalue weighted by Gasteiger charge is 2.29. The van der Waals surface area contributed by atoms with Crippen molar-refractivity contribution in [2.24, 2.45) is 0 Å². The van der Waals surface area contributed by atoms with Crippen LogP contribution in [-0.4, -0.2) is 12.1 Å². The summed E-state index contributed by atoms with van der Waals surface area (Å²) in [5.41, 5.74) is 2.74. The van der Waals surface area contributed by atoms with Gasteiger partial charge in [-0.2, -0.15) is 0 Å². The predicted octanol–water partition coefficient (Wildman–Crippen LogP) is 4.61. The molecule has 0 amide bonds. The van der Waals surface area contributed by atoms with Gasteiger partial charge in [-0.1, -0.05) is 67.1 Å². The smallest absolute Gasteiger partial charge is 0.0295 e. The third-order valence-corrected chi connectivity index (χ3v) is 5.04. The molecule has 2 aromatic rings. The van der Waals surface area contributed by atoms with Crippen LogP contribution in [0, 0.1) is 0 Å². The zero-order chi connectivity index (χ0) is 16.1. The van der Waals surface area contributed by atoms with Crippen molar-refractivity contribution in [2.75, 3.05) is 0 Å². The molecule has 2 N–H and O–H groups in total. The van der Waals surface area contributed by atoms with Crippen LogP contribution in [0.2, 0.25) is 0 Å². The molecule has 0 saturated heterocycles. The molecule has 122 valence electrons. The zero-order valence-electron chi connectivity index (χ0n) is 14.2. The fraction of sp³-hybridized carbons (Fsp3) is 0.429. The summed E-state index contributed by atoms with van der Waals surface area (Å²) >= 11 is 0. The van der Waals surface area contributed by atoms with Gasteiger partial charge in [-0.25, -0.2) is 0 Å². The van der Waals surface area contributed by atoms with E-state index in [1.54, 1.807) is 0 Å². The molecular weight excluding hydrogens is 280 g/mol. The molecule has 2 aromatic carbocycles. The largest absolute Gasteiger partial charge is 0.306 e. The van der Waals surface area contributed by atoms with E-state index < -0.39 is 0 Å². The number of nitrogens with one attached hydrogen (secondary N) is 2. The molecule has 3 rings (SSSR count). The Labute approximate surface area is 140 Å². The average Bonchev–Trinajstić information content (AvgIpc) is 3.03. The summed E-state index contributed by atoms with van der Waals surface area (Å²) in [6.07, 6.45) is 3.82. The molecule has 0 bridgehead atoms. The monoisotopic (exact) mass is 308 g/mol. The molecule has 23 heavy (non-hydrogen) atoms. The Balaban J connectivity index is 1.59. The molecule has 4 atom stereocenters. The summed E-state index contributed by atoms with van der Waals surface area (Å²) in [7, 11) is 0. The SMILES string of the molecule is CC(NC1CCC[C@H]1N[C@@H](C)c1ccccc1)c1ccccc1. The van der Waals surface area contributed by atoms with Crippen LogP contribution < -0.4 is 10.6 Å². The van der Waals surface area contributed by atoms with E-state index in [0.717, 1.165) is 0 Å². The molecule has 1 aliphatic rings. The molecule has 1 saturated carbocycles. The third-order valence-electron chi connectivity index (χ3n) is 5.04. The van der Waals surface area contributed by atoms with Crippen molar-refractivity contribution in [3.63, 3.8) is 0 Å². The van der Waals surface area contributed by atoms with Gasteiger partial charge in [0.1, 0.15) is 0 Å². The van der Waals surface area contributed by atoms with E-state index in [9.17, 15) is 0 Å². The molecule has 0 radical (unpaired) electrons. The number of hydrogen-bond donors (Lipinski definition) is 2. The highest BCUT2D eigenvalue weighted by Crippen LogP contribution is 2.25. The van der Waals surface area contributed by atoms with Gasteiger partial charge in [0, 0.05) is 24.2 Å². The van der Waals surface area contributed by atoms with Gasteiger partial charge in [-0.05, 0) is 37.8 Å². The second-order valence-electron chi connectivity index (χ2n) is 6.74. The first-order valence-corrected chi connectivity index (χ1v) is 8.86. The van der Waals surface area contributed by atoms with E-state index in [2.05, 4.69) is 85.1 Å². The summed E-state index contributed by atoms with van der Waals surface area (Å²) in [6, 6.07) is 23.4. The van der Waals surface area contributed by atoms with Crippen molar-refractivity contribution in [1.82, 2.24) is 10.6 Å². The van der Waals surface area contributed by atoms with E-state index in [0.29, 0.717) is 24.2 Å². The quantitative estimate of drug-likeness (QED) is 0.814. The molecule has 1 fully saturated rings. The van der Waals surface area contributed by atoms with E-state index in [1.807, 2.05) is 0 Å². The van der Waals surface area contributed by atoms with Crippen LogP contribution in [0.4, 0.5) is 0 Å². The van der Waals surface area contributed by atoms with Crippen molar-refractivity contribution in [3.05, 3.63) is 71.8 Å². The van der Waals surface area contributed by atoms with Crippen LogP contribution in [0.3, 0.4) is 0 Å². The van der Waals surface area contributed by atoms with Gasteiger partial charge >= 0.3 is 0 Å². The Morgan fingerprint density at radius 2 is 1.09 bits per heavy atom. The van der Waals surface area contributed by atoms with Crippen LogP contribution in [0.15, 0.2) is 60.7 Å². The van der Waals surface area contributed by atoms with Gasteiger partial charge in [-0.15, -0.1) is 0 Å². The topological polar surface area (TPSA) is 24.1 Å². The molecule has 0 aromatic heterocycles. The minimum absolute atomic E-state index is 0.399. The number of hydrogen-bond acceptors (Lipinski definition) is 2. The second-order valence-corrected chi connectivity index (χ2v) is 6.74. The van der Waals surface area contributed by atoms with Crippen LogP contribution in [0.25, 0.3) is 0 Å². The molecule has 2 nitrogen and oxygen atoms in total. The summed E-state index contributed by atoms with van der Waals surface area (Å²) in [4.78, 5) is 0. The lowest BCUT2D eigenvalue weighted by molar-refractivity contribution is 0.356. The minimum Gasteiger partial charge on any atom is -0.306 e. The Morgan fingerprint density at radius 1 is 0.696 bits per heavy atom. The second kappa shape index (κ2) is 7.76. The van der Waals surface area contributed by atoms with Crippen LogP contribution >= 0.6 is 0 Å². The number of rotatable bonds is 6. The highest BCUT2D eigenvalue weighted by atomic mass is 15.1. The Kier molecular flexibility index (Phi) is 5.47. The predicted molar refractivity (Wildman–Crippen MR) is 97.4 cm³/mol. The van der Waals surface area contributed by atoms with Crippen LogP contribution in [-0.2, 0) is 0 Å². The maximum atomic E-state index is 3.84. The van der Waals surface area contributed by atoms with E-state index >= 15 is 0 Å². The first-order chi connectivity index (χ1) is 11.2. The van der Waals surface area contributed by atoms with Gasteiger partial charge in [0.2, 0.25) is 0 Å². The summed E-state index contributed by atoms with van der Waals surface area (Å²) < 4.78 is 0. The lowest BCUT2D eigenvalue weighted by atomic mass is 10.0. The van der Waals surface area contributed by atoms with Crippen molar-refractivity contribution < 1.29 is 0 Å². The standard InChI is InChI=1S/C21H28N2/c1-16(18-10-5-3-6-11-18)22-20-14-9-15-21(20)23-17(2)19-12-7-4-8-13-19/h3-8,10-13,16-17,20-23H,9,14-15H2,1-2H3/t16-,17?,20+,21?/m0/s1. The van der Waals surface area contributed by atoms with Crippen molar-refractivity contribution in [3.8, 4) is 0 Å². The minimum atomic E-state index is 0.399. The lowest BCUT2D eigenvalue weighted by Gasteiger charge is -2.29. The van der Waals surface area contributed by atoms with E-state index in [-0.39, 0.29) is 0 Å². The Hall–Kier alpha value is -1.64. The molecule has 1 aliphatic carbocycles. The average molecular weight is 308 g/mol. The fourth-order valence-electron chi connectivity index (χ4n) is 3.68. The van der Waals surface area contributed by atoms with Crippen molar-refractivity contribution in [2.45, 2.75) is 57.3 Å². The van der Waals surface area contributed by atoms with Gasteiger partial charge < -0.3 is 10.6 Å². The summed E-state index contributed by atoms with van der Waals surface area (Å²) in [6.45, 7) is 4.54. The maximum absolute atomic E-state index is 3.84. The third kappa shape index (κ3) is 4.21. The maximum Gasteiger partial charge on any atom is 0.0295 e. The molecular formula is C21H28N2. The summed E-state index contributed by atoms with van der Waals surface area (Å²) in [5.74, 6) is 0. The van der Waals surface area contributed by atoms with E-state index in [4.69, 9.17) is 0 Å². The van der Waals surface area contributed by atoms with Gasteiger partial charge in [0.15, 0.2) is 0 Å². The molecule has 2 unspecified atom stereocenters. The van der Waals surface area contributed by atoms with Crippen LogP contribution in [0.1, 0.15) is 56.3 Å². The Bertz CT molecular complexity index is 528. The molecule has 2 heteroatoms. The van der Waals surface area contributed by atoms with Crippen molar-refractivity contribution >= 4 is 0 Å².